The first kappa shape index (κ1) is 14.9. The molecule has 0 aromatic rings. The second-order valence-corrected chi connectivity index (χ2v) is 6.50. The van der Waals surface area contributed by atoms with Crippen molar-refractivity contribution in [3.63, 3.8) is 0 Å². The smallest absolute Gasteiger partial charge is 0.0506 e. The molecular weight excluding hydrogens is 212 g/mol. The van der Waals surface area contributed by atoms with Gasteiger partial charge in [0, 0.05) is 31.3 Å². The Morgan fingerprint density at radius 3 is 2.65 bits per heavy atom. The zero-order valence-electron chi connectivity index (χ0n) is 12.3. The minimum atomic E-state index is 0.211. The average molecular weight is 242 g/mol. The van der Waals surface area contributed by atoms with E-state index in [1.165, 1.54) is 12.8 Å². The predicted octanol–water partition coefficient (Wildman–Crippen LogP) is 2.12. The van der Waals surface area contributed by atoms with Crippen LogP contribution in [0.2, 0.25) is 0 Å². The number of nitrogens with one attached hydrogen (secondary N) is 1. The first-order chi connectivity index (χ1) is 7.88. The minimum absolute atomic E-state index is 0.211. The van der Waals surface area contributed by atoms with Crippen LogP contribution in [-0.4, -0.2) is 49.8 Å². The van der Waals surface area contributed by atoms with Crippen LogP contribution in [0.1, 0.15) is 40.5 Å². The summed E-state index contributed by atoms with van der Waals surface area (Å²) < 4.78 is 5.53. The Hall–Kier alpha value is -0.120. The number of ether oxygens (including phenoxy) is 1. The van der Waals surface area contributed by atoms with Crippen LogP contribution >= 0.6 is 0 Å². The SMILES string of the molecule is CC(CNC(C)(C)C)N(C)CC1CCCOC1. The molecule has 0 spiro atoms. The maximum absolute atomic E-state index is 5.53. The normalized spacial score (nSPS) is 24.0. The lowest BCUT2D eigenvalue weighted by molar-refractivity contribution is 0.0369. The van der Waals surface area contributed by atoms with E-state index in [0.717, 1.165) is 32.2 Å². The summed E-state index contributed by atoms with van der Waals surface area (Å²) in [6, 6.07) is 0.580. The predicted molar refractivity (Wildman–Crippen MR) is 73.4 cm³/mol. The van der Waals surface area contributed by atoms with E-state index >= 15 is 0 Å². The van der Waals surface area contributed by atoms with Gasteiger partial charge in [0.1, 0.15) is 0 Å². The molecule has 0 amide bonds. The summed E-state index contributed by atoms with van der Waals surface area (Å²) in [4.78, 5) is 2.46. The molecular formula is C14H30N2O. The van der Waals surface area contributed by atoms with Gasteiger partial charge in [0.2, 0.25) is 0 Å². The molecule has 1 aliphatic heterocycles. The van der Waals surface area contributed by atoms with Crippen molar-refractivity contribution in [3.8, 4) is 0 Å². The van der Waals surface area contributed by atoms with Crippen molar-refractivity contribution in [3.05, 3.63) is 0 Å². The van der Waals surface area contributed by atoms with Gasteiger partial charge in [-0.05, 0) is 53.5 Å². The van der Waals surface area contributed by atoms with Crippen LogP contribution in [0.15, 0.2) is 0 Å². The van der Waals surface area contributed by atoms with Crippen LogP contribution in [0.4, 0.5) is 0 Å². The number of hydrogen-bond acceptors (Lipinski definition) is 3. The van der Waals surface area contributed by atoms with Gasteiger partial charge in [-0.1, -0.05) is 0 Å². The zero-order chi connectivity index (χ0) is 12.9. The van der Waals surface area contributed by atoms with Crippen LogP contribution in [0.3, 0.4) is 0 Å². The molecule has 1 N–H and O–H groups in total. The number of rotatable bonds is 5. The van der Waals surface area contributed by atoms with Crippen molar-refractivity contribution in [2.75, 3.05) is 33.4 Å². The van der Waals surface area contributed by atoms with Gasteiger partial charge in [-0.15, -0.1) is 0 Å². The molecule has 1 saturated heterocycles. The van der Waals surface area contributed by atoms with E-state index in [2.05, 4.69) is 45.0 Å². The van der Waals surface area contributed by atoms with Crippen molar-refractivity contribution in [2.24, 2.45) is 5.92 Å². The van der Waals surface area contributed by atoms with Gasteiger partial charge in [0.05, 0.1) is 6.61 Å². The van der Waals surface area contributed by atoms with Crippen LogP contribution in [0, 0.1) is 5.92 Å². The summed E-state index contributed by atoms with van der Waals surface area (Å²) in [7, 11) is 2.23. The van der Waals surface area contributed by atoms with Crippen molar-refractivity contribution in [1.29, 1.82) is 0 Å². The molecule has 0 aromatic heterocycles. The molecule has 2 atom stereocenters. The van der Waals surface area contributed by atoms with Crippen molar-refractivity contribution >= 4 is 0 Å². The van der Waals surface area contributed by atoms with Gasteiger partial charge in [-0.25, -0.2) is 0 Å². The van der Waals surface area contributed by atoms with Gasteiger partial charge in [-0.2, -0.15) is 0 Å². The monoisotopic (exact) mass is 242 g/mol. The van der Waals surface area contributed by atoms with Gasteiger partial charge < -0.3 is 15.0 Å². The third kappa shape index (κ3) is 6.39. The molecule has 2 unspecified atom stereocenters. The largest absolute Gasteiger partial charge is 0.381 e. The Labute approximate surface area is 107 Å². The zero-order valence-corrected chi connectivity index (χ0v) is 12.3. The lowest BCUT2D eigenvalue weighted by atomic mass is 10.0. The second-order valence-electron chi connectivity index (χ2n) is 6.50. The van der Waals surface area contributed by atoms with E-state index in [4.69, 9.17) is 4.74 Å². The molecule has 0 bridgehead atoms. The third-order valence-corrected chi connectivity index (χ3v) is 3.48. The highest BCUT2D eigenvalue weighted by Gasteiger charge is 2.19. The summed E-state index contributed by atoms with van der Waals surface area (Å²) in [5.41, 5.74) is 0.211. The summed E-state index contributed by atoms with van der Waals surface area (Å²) in [6.07, 6.45) is 2.55. The van der Waals surface area contributed by atoms with E-state index in [1.807, 2.05) is 0 Å². The lowest BCUT2D eigenvalue weighted by Crippen LogP contribution is -2.46. The molecule has 0 aromatic carbocycles. The Kier molecular flexibility index (Phi) is 5.90. The summed E-state index contributed by atoms with van der Waals surface area (Å²) in [5.74, 6) is 0.728. The van der Waals surface area contributed by atoms with Crippen molar-refractivity contribution in [2.45, 2.75) is 52.1 Å². The maximum atomic E-state index is 5.53. The topological polar surface area (TPSA) is 24.5 Å². The Morgan fingerprint density at radius 1 is 1.41 bits per heavy atom. The van der Waals surface area contributed by atoms with Crippen molar-refractivity contribution in [1.82, 2.24) is 10.2 Å². The van der Waals surface area contributed by atoms with Gasteiger partial charge >= 0.3 is 0 Å². The third-order valence-electron chi connectivity index (χ3n) is 3.48. The Bertz CT molecular complexity index is 207. The van der Waals surface area contributed by atoms with Gasteiger partial charge in [0.25, 0.3) is 0 Å². The summed E-state index contributed by atoms with van der Waals surface area (Å²) >= 11 is 0. The number of hydrogen-bond donors (Lipinski definition) is 1. The first-order valence-corrected chi connectivity index (χ1v) is 6.91. The molecule has 102 valence electrons. The van der Waals surface area contributed by atoms with Crippen LogP contribution < -0.4 is 5.32 Å². The molecule has 3 heteroatoms. The van der Waals surface area contributed by atoms with Crippen LogP contribution in [-0.2, 0) is 4.74 Å². The highest BCUT2D eigenvalue weighted by Crippen LogP contribution is 2.15. The molecule has 1 aliphatic rings. The van der Waals surface area contributed by atoms with Crippen LogP contribution in [0.5, 0.6) is 0 Å². The van der Waals surface area contributed by atoms with Crippen LogP contribution in [0.25, 0.3) is 0 Å². The summed E-state index contributed by atoms with van der Waals surface area (Å²) in [5, 5.41) is 3.57. The minimum Gasteiger partial charge on any atom is -0.381 e. The van der Waals surface area contributed by atoms with Gasteiger partial charge in [0.15, 0.2) is 0 Å². The average Bonchev–Trinajstić information content (AvgIpc) is 2.26. The van der Waals surface area contributed by atoms with E-state index in [0.29, 0.717) is 6.04 Å². The molecule has 0 saturated carbocycles. The fourth-order valence-electron chi connectivity index (χ4n) is 2.15. The lowest BCUT2D eigenvalue weighted by Gasteiger charge is -2.32. The quantitative estimate of drug-likeness (QED) is 0.799. The highest BCUT2D eigenvalue weighted by molar-refractivity contribution is 4.77. The summed E-state index contributed by atoms with van der Waals surface area (Å²) in [6.45, 7) is 13.1. The maximum Gasteiger partial charge on any atom is 0.0506 e. The van der Waals surface area contributed by atoms with E-state index in [-0.39, 0.29) is 5.54 Å². The molecule has 0 radical (unpaired) electrons. The molecule has 1 heterocycles. The first-order valence-electron chi connectivity index (χ1n) is 6.91. The number of nitrogens with zero attached hydrogens (tertiary/aromatic N) is 1. The standard InChI is InChI=1S/C14H30N2O/c1-12(9-15-14(2,3)4)16(5)10-13-7-6-8-17-11-13/h12-13,15H,6-11H2,1-5H3. The van der Waals surface area contributed by atoms with Gasteiger partial charge in [-0.3, -0.25) is 0 Å². The van der Waals surface area contributed by atoms with E-state index in [9.17, 15) is 0 Å². The fraction of sp³-hybridized carbons (Fsp3) is 1.00. The highest BCUT2D eigenvalue weighted by atomic mass is 16.5. The number of likely N-dealkylation sites (N-methyl/N-ethyl adjacent to an activating group) is 1. The molecule has 3 nitrogen and oxygen atoms in total. The molecule has 1 rings (SSSR count). The molecule has 1 fully saturated rings. The second kappa shape index (κ2) is 6.72. The van der Waals surface area contributed by atoms with Crippen molar-refractivity contribution < 1.29 is 4.74 Å². The molecule has 17 heavy (non-hydrogen) atoms. The molecule has 0 aliphatic carbocycles. The van der Waals surface area contributed by atoms with E-state index in [1.54, 1.807) is 0 Å². The Balaban J connectivity index is 2.23. The van der Waals surface area contributed by atoms with E-state index < -0.39 is 0 Å². The fourth-order valence-corrected chi connectivity index (χ4v) is 2.15. The Morgan fingerprint density at radius 2 is 2.12 bits per heavy atom.